The minimum absolute atomic E-state index is 0.000422. The average Bonchev–Trinajstić information content (AvgIpc) is 2.44. The highest BCUT2D eigenvalue weighted by molar-refractivity contribution is 5.21. The van der Waals surface area contributed by atoms with Crippen LogP contribution < -0.4 is 5.32 Å². The third-order valence-electron chi connectivity index (χ3n) is 3.59. The molecular weight excluding hydrogens is 255 g/mol. The van der Waals surface area contributed by atoms with E-state index >= 15 is 0 Å². The molecule has 114 valence electrons. The number of hydrogen-bond acceptors (Lipinski definition) is 3. The molecular formula is C16H27FN2O. The molecule has 0 saturated carbocycles. The van der Waals surface area contributed by atoms with E-state index in [1.165, 1.54) is 6.07 Å². The van der Waals surface area contributed by atoms with Crippen LogP contribution in [0.2, 0.25) is 0 Å². The molecule has 1 N–H and O–H groups in total. The number of halogens is 1. The van der Waals surface area contributed by atoms with Gasteiger partial charge in [-0.3, -0.25) is 4.90 Å². The molecule has 0 spiro atoms. The average molecular weight is 282 g/mol. The highest BCUT2D eigenvalue weighted by Crippen LogP contribution is 2.19. The van der Waals surface area contributed by atoms with E-state index < -0.39 is 0 Å². The Hall–Kier alpha value is -0.970. The summed E-state index contributed by atoms with van der Waals surface area (Å²) in [6, 6.07) is 7.31. The summed E-state index contributed by atoms with van der Waals surface area (Å²) >= 11 is 0. The first-order chi connectivity index (χ1) is 9.63. The topological polar surface area (TPSA) is 24.5 Å². The molecule has 0 aliphatic rings. The van der Waals surface area contributed by atoms with Gasteiger partial charge in [-0.25, -0.2) is 4.39 Å². The number of nitrogens with zero attached hydrogens (tertiary/aromatic N) is 1. The number of nitrogens with one attached hydrogen (secondary N) is 1. The molecule has 0 radical (unpaired) electrons. The Morgan fingerprint density at radius 2 is 2.00 bits per heavy atom. The Labute approximate surface area is 122 Å². The number of likely N-dealkylation sites (N-methyl/N-ethyl adjacent to an activating group) is 2. The van der Waals surface area contributed by atoms with Crippen molar-refractivity contribution in [1.82, 2.24) is 10.2 Å². The lowest BCUT2D eigenvalue weighted by molar-refractivity contribution is 0.0954. The van der Waals surface area contributed by atoms with Crippen molar-refractivity contribution in [3.63, 3.8) is 0 Å². The fraction of sp³-hybridized carbons (Fsp3) is 0.625. The summed E-state index contributed by atoms with van der Waals surface area (Å²) in [5, 5.41) is 3.38. The lowest BCUT2D eigenvalue weighted by Gasteiger charge is -2.32. The van der Waals surface area contributed by atoms with E-state index in [1.54, 1.807) is 13.2 Å². The summed E-state index contributed by atoms with van der Waals surface area (Å²) in [4.78, 5) is 2.31. The highest BCUT2D eigenvalue weighted by Gasteiger charge is 2.20. The van der Waals surface area contributed by atoms with Gasteiger partial charge in [0.25, 0.3) is 0 Å². The van der Waals surface area contributed by atoms with E-state index in [0.717, 1.165) is 25.2 Å². The zero-order chi connectivity index (χ0) is 15.0. The van der Waals surface area contributed by atoms with Crippen LogP contribution in [0.1, 0.15) is 32.4 Å². The van der Waals surface area contributed by atoms with Crippen LogP contribution in [0.15, 0.2) is 24.3 Å². The van der Waals surface area contributed by atoms with E-state index in [2.05, 4.69) is 24.1 Å². The maximum atomic E-state index is 14.0. The van der Waals surface area contributed by atoms with Crippen LogP contribution in [-0.4, -0.2) is 44.3 Å². The van der Waals surface area contributed by atoms with Crippen molar-refractivity contribution < 1.29 is 9.13 Å². The van der Waals surface area contributed by atoms with E-state index in [9.17, 15) is 4.39 Å². The Kier molecular flexibility index (Phi) is 7.73. The molecule has 20 heavy (non-hydrogen) atoms. The molecule has 0 aliphatic heterocycles. The highest BCUT2D eigenvalue weighted by atomic mass is 19.1. The lowest BCUT2D eigenvalue weighted by Crippen LogP contribution is -2.42. The first kappa shape index (κ1) is 17.1. The van der Waals surface area contributed by atoms with Gasteiger partial charge in [-0.05, 0) is 26.1 Å². The van der Waals surface area contributed by atoms with E-state index in [1.807, 2.05) is 19.1 Å². The Balaban J connectivity index is 2.83. The monoisotopic (exact) mass is 282 g/mol. The van der Waals surface area contributed by atoms with Gasteiger partial charge in [0.2, 0.25) is 0 Å². The number of ether oxygens (including phenoxy) is 1. The van der Waals surface area contributed by atoms with Gasteiger partial charge in [0.05, 0.1) is 6.61 Å². The quantitative estimate of drug-likeness (QED) is 0.754. The fourth-order valence-electron chi connectivity index (χ4n) is 2.48. The van der Waals surface area contributed by atoms with Crippen LogP contribution in [0.25, 0.3) is 0 Å². The molecule has 0 amide bonds. The fourth-order valence-corrected chi connectivity index (χ4v) is 2.48. The zero-order valence-electron chi connectivity index (χ0n) is 13.0. The van der Waals surface area contributed by atoms with Crippen molar-refractivity contribution in [3.05, 3.63) is 35.6 Å². The molecule has 2 atom stereocenters. The van der Waals surface area contributed by atoms with Crippen LogP contribution >= 0.6 is 0 Å². The van der Waals surface area contributed by atoms with Crippen molar-refractivity contribution in [1.29, 1.82) is 0 Å². The third-order valence-corrected chi connectivity index (χ3v) is 3.59. The van der Waals surface area contributed by atoms with E-state index in [-0.39, 0.29) is 11.9 Å². The molecule has 0 heterocycles. The van der Waals surface area contributed by atoms with Gasteiger partial charge >= 0.3 is 0 Å². The second kappa shape index (κ2) is 9.06. The molecule has 0 saturated heterocycles. The number of hydrogen-bond donors (Lipinski definition) is 1. The van der Waals surface area contributed by atoms with Gasteiger partial charge in [-0.2, -0.15) is 0 Å². The SMILES string of the molecule is CCNC(CN(CC)C(C)COC)c1ccccc1F. The zero-order valence-corrected chi connectivity index (χ0v) is 13.0. The van der Waals surface area contributed by atoms with Crippen molar-refractivity contribution in [2.75, 3.05) is 33.4 Å². The molecule has 0 bridgehead atoms. The van der Waals surface area contributed by atoms with Crippen molar-refractivity contribution in [3.8, 4) is 0 Å². The first-order valence-corrected chi connectivity index (χ1v) is 7.34. The third kappa shape index (κ3) is 4.85. The molecule has 3 nitrogen and oxygen atoms in total. The van der Waals surface area contributed by atoms with Crippen molar-refractivity contribution >= 4 is 0 Å². The van der Waals surface area contributed by atoms with Gasteiger partial charge in [0.15, 0.2) is 0 Å². The van der Waals surface area contributed by atoms with Crippen molar-refractivity contribution in [2.45, 2.75) is 32.9 Å². The molecule has 0 fully saturated rings. The predicted molar refractivity (Wildman–Crippen MR) is 81.4 cm³/mol. The van der Waals surface area contributed by atoms with E-state index in [4.69, 9.17) is 4.74 Å². The minimum atomic E-state index is -0.145. The summed E-state index contributed by atoms with van der Waals surface area (Å²) in [6.07, 6.45) is 0. The minimum Gasteiger partial charge on any atom is -0.383 e. The molecule has 1 aromatic carbocycles. The van der Waals surface area contributed by atoms with Gasteiger partial charge in [-0.15, -0.1) is 0 Å². The number of methoxy groups -OCH3 is 1. The predicted octanol–water partition coefficient (Wildman–Crippen LogP) is 2.83. The van der Waals surface area contributed by atoms with Crippen LogP contribution in [-0.2, 0) is 4.74 Å². The van der Waals surface area contributed by atoms with Gasteiger partial charge in [0, 0.05) is 31.3 Å². The molecule has 1 aromatic rings. The van der Waals surface area contributed by atoms with Gasteiger partial charge < -0.3 is 10.1 Å². The Morgan fingerprint density at radius 3 is 2.55 bits per heavy atom. The number of benzene rings is 1. The maximum Gasteiger partial charge on any atom is 0.128 e. The second-order valence-corrected chi connectivity index (χ2v) is 5.02. The van der Waals surface area contributed by atoms with Gasteiger partial charge in [-0.1, -0.05) is 32.0 Å². The summed E-state index contributed by atoms with van der Waals surface area (Å²) in [7, 11) is 1.71. The van der Waals surface area contributed by atoms with Crippen LogP contribution in [0, 0.1) is 5.82 Å². The van der Waals surface area contributed by atoms with Crippen LogP contribution in [0.3, 0.4) is 0 Å². The summed E-state index contributed by atoms with van der Waals surface area (Å²) in [6.45, 7) is 9.49. The lowest BCUT2D eigenvalue weighted by atomic mass is 10.0. The standard InChI is InChI=1S/C16H27FN2O/c1-5-18-16(14-9-7-8-10-15(14)17)11-19(6-2)13(3)12-20-4/h7-10,13,16,18H,5-6,11-12H2,1-4H3. The normalized spacial score (nSPS) is 14.5. The second-order valence-electron chi connectivity index (χ2n) is 5.02. The largest absolute Gasteiger partial charge is 0.383 e. The Morgan fingerprint density at radius 1 is 1.30 bits per heavy atom. The van der Waals surface area contributed by atoms with E-state index in [0.29, 0.717) is 12.6 Å². The molecule has 0 aliphatic carbocycles. The van der Waals surface area contributed by atoms with Gasteiger partial charge in [0.1, 0.15) is 5.82 Å². The first-order valence-electron chi connectivity index (χ1n) is 7.34. The summed E-state index contributed by atoms with van der Waals surface area (Å²) < 4.78 is 19.2. The molecule has 0 aromatic heterocycles. The molecule has 2 unspecified atom stereocenters. The van der Waals surface area contributed by atoms with Crippen LogP contribution in [0.4, 0.5) is 4.39 Å². The maximum absolute atomic E-state index is 14.0. The summed E-state index contributed by atoms with van der Waals surface area (Å²) in [5.74, 6) is -0.145. The summed E-state index contributed by atoms with van der Waals surface area (Å²) in [5.41, 5.74) is 0.734. The Bertz CT molecular complexity index is 386. The molecule has 4 heteroatoms. The molecule has 1 rings (SSSR count). The van der Waals surface area contributed by atoms with Crippen LogP contribution in [0.5, 0.6) is 0 Å². The smallest absolute Gasteiger partial charge is 0.128 e. The number of rotatable bonds is 9. The van der Waals surface area contributed by atoms with Crippen molar-refractivity contribution in [2.24, 2.45) is 0 Å².